The number of nitrogens with one attached hydrogen (secondary N) is 1. The number of aliphatic hydroxyl groups is 1. The number of benzene rings is 1. The summed E-state index contributed by atoms with van der Waals surface area (Å²) in [5, 5.41) is 14.2. The van der Waals surface area contributed by atoms with Gasteiger partial charge in [0.25, 0.3) is 0 Å². The Balaban J connectivity index is 0.00000600. The van der Waals surface area contributed by atoms with Crippen LogP contribution in [0.2, 0.25) is 0 Å². The second-order valence-corrected chi connectivity index (χ2v) is 13.5. The summed E-state index contributed by atoms with van der Waals surface area (Å²) in [6.45, 7) is 10.7. The van der Waals surface area contributed by atoms with Gasteiger partial charge in [-0.05, 0) is 20.3 Å². The Labute approximate surface area is 308 Å². The molecule has 0 saturated carbocycles. The molecule has 2 saturated heterocycles. The number of carbonyl (C=O) groups is 4. The SMILES string of the molecule is CC(=O)N(C)C(CS)C(=O)OC1CC(=O)N(C)c2[c-]c(C)cc(c2)C/C(C)=C/C=C/C(C)C2(O)CC(OC(=O)N2)C(C)C2OC12C.[Y]. The van der Waals surface area contributed by atoms with E-state index in [1.54, 1.807) is 14.0 Å². The van der Waals surface area contributed by atoms with Crippen molar-refractivity contribution in [3.05, 3.63) is 53.1 Å². The summed E-state index contributed by atoms with van der Waals surface area (Å²) < 4.78 is 17.8. The fraction of sp³-hybridized carbons (Fsp3) is 0.588. The molecule has 1 aromatic rings. The number of hydrogen-bond acceptors (Lipinski definition) is 9. The van der Waals surface area contributed by atoms with Crippen LogP contribution in [0.1, 0.15) is 58.6 Å². The molecule has 13 heteroatoms. The Kier molecular flexibility index (Phi) is 13.0. The van der Waals surface area contributed by atoms with Gasteiger partial charge >= 0.3 is 12.1 Å². The van der Waals surface area contributed by atoms with Crippen LogP contribution in [0.25, 0.3) is 0 Å². The first-order chi connectivity index (χ1) is 21.5. The van der Waals surface area contributed by atoms with Crippen molar-refractivity contribution >= 4 is 42.2 Å². The van der Waals surface area contributed by atoms with Crippen LogP contribution in [-0.4, -0.2) is 89.4 Å². The second kappa shape index (κ2) is 15.5. The minimum Gasteiger partial charge on any atom is -0.457 e. The molecule has 1 radical (unpaired) electrons. The number of fused-ring (bicyclic) bond motifs is 5. The van der Waals surface area contributed by atoms with E-state index in [0.29, 0.717) is 12.1 Å². The fourth-order valence-electron chi connectivity index (χ4n) is 6.22. The smallest absolute Gasteiger partial charge is 0.409 e. The molecule has 3 amide bonds. The van der Waals surface area contributed by atoms with Gasteiger partial charge in [0.15, 0.2) is 0 Å². The third kappa shape index (κ3) is 8.87. The van der Waals surface area contributed by atoms with Crippen LogP contribution in [0.5, 0.6) is 0 Å². The van der Waals surface area contributed by atoms with Crippen molar-refractivity contribution in [1.82, 2.24) is 10.2 Å². The maximum Gasteiger partial charge on any atom is 0.409 e. The van der Waals surface area contributed by atoms with E-state index in [-0.39, 0.29) is 63.1 Å². The van der Waals surface area contributed by atoms with E-state index >= 15 is 0 Å². The molecular weight excluding hydrogens is 699 g/mol. The van der Waals surface area contributed by atoms with Gasteiger partial charge in [0, 0.05) is 77.7 Å². The van der Waals surface area contributed by atoms with Gasteiger partial charge in [0.05, 0.1) is 12.5 Å². The number of carbonyl (C=O) groups excluding carboxylic acids is 4. The van der Waals surface area contributed by atoms with Crippen LogP contribution in [0.4, 0.5) is 10.5 Å². The van der Waals surface area contributed by atoms with Gasteiger partial charge in [-0.2, -0.15) is 35.9 Å². The number of thiol groups is 1. The largest absolute Gasteiger partial charge is 0.457 e. The van der Waals surface area contributed by atoms with Crippen molar-refractivity contribution < 1.29 is 71.2 Å². The molecule has 11 nitrogen and oxygen atoms in total. The Morgan fingerprint density at radius 3 is 2.60 bits per heavy atom. The first-order valence-corrected chi connectivity index (χ1v) is 16.2. The zero-order valence-corrected chi connectivity index (χ0v) is 32.1. The predicted octanol–water partition coefficient (Wildman–Crippen LogP) is 3.51. The topological polar surface area (TPSA) is 138 Å². The third-order valence-electron chi connectivity index (χ3n) is 9.51. The number of rotatable bonds is 4. The second-order valence-electron chi connectivity index (χ2n) is 13.1. The zero-order valence-electron chi connectivity index (χ0n) is 28.4. The molecule has 4 rings (SSSR count). The van der Waals surface area contributed by atoms with E-state index in [2.05, 4.69) is 24.0 Å². The summed E-state index contributed by atoms with van der Waals surface area (Å²) in [5.74, 6) is -2.27. The Hall–Kier alpha value is -2.25. The van der Waals surface area contributed by atoms with Crippen molar-refractivity contribution in [2.24, 2.45) is 11.8 Å². The van der Waals surface area contributed by atoms with Gasteiger partial charge in [0.1, 0.15) is 29.6 Å². The molecule has 0 spiro atoms. The van der Waals surface area contributed by atoms with Crippen LogP contribution in [0, 0.1) is 24.8 Å². The fourth-order valence-corrected chi connectivity index (χ4v) is 6.62. The van der Waals surface area contributed by atoms with E-state index in [9.17, 15) is 24.3 Å². The summed E-state index contributed by atoms with van der Waals surface area (Å²) >= 11 is 4.27. The Morgan fingerprint density at radius 2 is 1.96 bits per heavy atom. The summed E-state index contributed by atoms with van der Waals surface area (Å²) in [7, 11) is 3.14. The number of alkyl carbamates (subject to hydrolysis) is 1. The molecule has 2 N–H and O–H groups in total. The molecule has 255 valence electrons. The zero-order chi connectivity index (χ0) is 34.1. The van der Waals surface area contributed by atoms with Gasteiger partial charge in [-0.15, -0.1) is 6.07 Å². The minimum atomic E-state index is -1.58. The number of hydrogen-bond donors (Lipinski definition) is 3. The number of amides is 3. The summed E-state index contributed by atoms with van der Waals surface area (Å²) in [5.41, 5.74) is 0.754. The number of likely N-dealkylation sites (N-methyl/N-ethyl adjacent to an activating group) is 1. The summed E-state index contributed by atoms with van der Waals surface area (Å²) in [6, 6.07) is 6.18. The van der Waals surface area contributed by atoms with Gasteiger partial charge in [-0.3, -0.25) is 14.9 Å². The van der Waals surface area contributed by atoms with Crippen LogP contribution < -0.4 is 10.2 Å². The van der Waals surface area contributed by atoms with Crippen LogP contribution in [0.3, 0.4) is 0 Å². The standard InChI is InChI=1S/C34H46N3O8S.Y/c1-19-10-9-11-21(3)34(42)17-27(43-32(41)35-34)22(4)30-33(6,45-30)28(44-31(40)26(18-46)36(7)23(5)38)16-29(39)37(8)25-14-20(2)13-24(12-19)15-25;/h9-11,13,15,21-22,26-28,30,42,46H,12,16-18H2,1-8H3,(H,35,41);/q-1;/b11-9+,19-10+;. The van der Waals surface area contributed by atoms with Gasteiger partial charge in [-0.1, -0.05) is 50.3 Å². The van der Waals surface area contributed by atoms with E-state index in [1.807, 2.05) is 58.1 Å². The molecule has 4 bridgehead atoms. The normalized spacial score (nSPS) is 33.4. The quantitative estimate of drug-likeness (QED) is 0.185. The average molecular weight is 746 g/mol. The van der Waals surface area contributed by atoms with Gasteiger partial charge < -0.3 is 29.1 Å². The van der Waals surface area contributed by atoms with E-state index in [1.165, 1.54) is 23.8 Å². The predicted molar refractivity (Wildman–Crippen MR) is 175 cm³/mol. The number of allylic oxidation sites excluding steroid dienone is 3. The number of nitrogens with zero attached hydrogens (tertiary/aromatic N) is 2. The molecule has 3 heterocycles. The average Bonchev–Trinajstić information content (AvgIpc) is 3.67. The first-order valence-electron chi connectivity index (χ1n) is 15.6. The molecular formula is C34H46N3O8SY-. The van der Waals surface area contributed by atoms with Crippen molar-refractivity contribution in [3.8, 4) is 0 Å². The third-order valence-corrected chi connectivity index (χ3v) is 9.86. The number of aryl methyl sites for hydroxylation is 1. The summed E-state index contributed by atoms with van der Waals surface area (Å²) in [6.07, 6.45) is 3.02. The molecule has 0 aliphatic carbocycles. The van der Waals surface area contributed by atoms with Crippen molar-refractivity contribution in [2.75, 3.05) is 24.7 Å². The van der Waals surface area contributed by atoms with Crippen molar-refractivity contribution in [1.29, 1.82) is 0 Å². The summed E-state index contributed by atoms with van der Waals surface area (Å²) in [4.78, 5) is 54.8. The number of ether oxygens (including phenoxy) is 3. The molecule has 8 unspecified atom stereocenters. The van der Waals surface area contributed by atoms with Crippen molar-refractivity contribution in [3.63, 3.8) is 0 Å². The maximum absolute atomic E-state index is 13.8. The monoisotopic (exact) mass is 745 g/mol. The minimum absolute atomic E-state index is 0. The molecule has 0 aromatic heterocycles. The van der Waals surface area contributed by atoms with Crippen LogP contribution in [0.15, 0.2) is 35.9 Å². The van der Waals surface area contributed by atoms with E-state index < -0.39 is 59.6 Å². The molecule has 1 aromatic carbocycles. The molecule has 3 aliphatic rings. The van der Waals surface area contributed by atoms with E-state index in [4.69, 9.17) is 14.2 Å². The van der Waals surface area contributed by atoms with Crippen molar-refractivity contribution in [2.45, 2.75) is 96.5 Å². The van der Waals surface area contributed by atoms with Gasteiger partial charge in [-0.25, -0.2) is 9.59 Å². The molecule has 3 aliphatic heterocycles. The maximum atomic E-state index is 13.8. The molecule has 8 atom stereocenters. The number of anilines is 1. The van der Waals surface area contributed by atoms with Crippen LogP contribution >= 0.6 is 12.6 Å². The number of esters is 1. The molecule has 47 heavy (non-hydrogen) atoms. The first kappa shape index (κ1) is 39.2. The van der Waals surface area contributed by atoms with Gasteiger partial charge in [0.2, 0.25) is 11.8 Å². The Bertz CT molecular complexity index is 1440. The van der Waals surface area contributed by atoms with Crippen LogP contribution in [-0.2, 0) is 67.7 Å². The Morgan fingerprint density at radius 1 is 1.28 bits per heavy atom. The molecule has 2 fully saturated rings. The van der Waals surface area contributed by atoms with E-state index in [0.717, 1.165) is 16.7 Å². The number of epoxide rings is 1.